The highest BCUT2D eigenvalue weighted by molar-refractivity contribution is 6.35. The van der Waals surface area contributed by atoms with Gasteiger partial charge in [-0.15, -0.1) is 0 Å². The lowest BCUT2D eigenvalue weighted by Gasteiger charge is -2.08. The van der Waals surface area contributed by atoms with Gasteiger partial charge in [-0.25, -0.2) is 0 Å². The Balaban J connectivity index is 1.43. The molecule has 136 valence electrons. The Morgan fingerprint density at radius 2 is 1.88 bits per heavy atom. The molecule has 8 heteroatoms. The van der Waals surface area contributed by atoms with Gasteiger partial charge in [0.05, 0.1) is 6.42 Å². The molecule has 1 aliphatic heterocycles. The summed E-state index contributed by atoms with van der Waals surface area (Å²) in [6, 6.07) is 10.2. The van der Waals surface area contributed by atoms with Crippen molar-refractivity contribution in [1.82, 2.24) is 5.32 Å². The van der Waals surface area contributed by atoms with E-state index in [1.165, 1.54) is 0 Å². The van der Waals surface area contributed by atoms with Gasteiger partial charge in [0.2, 0.25) is 6.79 Å². The maximum atomic E-state index is 11.8. The summed E-state index contributed by atoms with van der Waals surface area (Å²) >= 11 is 11.8. The van der Waals surface area contributed by atoms with Crippen LogP contribution < -0.4 is 14.8 Å². The molecule has 0 aliphatic carbocycles. The number of hydrogen-bond acceptors (Lipinski definition) is 5. The van der Waals surface area contributed by atoms with E-state index in [0.717, 1.165) is 5.56 Å². The highest BCUT2D eigenvalue weighted by Gasteiger charge is 2.14. The minimum Gasteiger partial charge on any atom is -0.455 e. The molecule has 0 spiro atoms. The summed E-state index contributed by atoms with van der Waals surface area (Å²) in [5.74, 6) is 0.364. The predicted molar refractivity (Wildman–Crippen MR) is 95.5 cm³/mol. The summed E-state index contributed by atoms with van der Waals surface area (Å²) in [6.45, 7) is 0.114. The van der Waals surface area contributed by atoms with Crippen LogP contribution in [0.15, 0.2) is 36.4 Å². The van der Waals surface area contributed by atoms with E-state index in [0.29, 0.717) is 27.1 Å². The zero-order valence-electron chi connectivity index (χ0n) is 13.6. The first-order chi connectivity index (χ1) is 12.5. The van der Waals surface area contributed by atoms with Crippen LogP contribution in [0.1, 0.15) is 11.1 Å². The van der Waals surface area contributed by atoms with Crippen molar-refractivity contribution in [3.8, 4) is 11.5 Å². The summed E-state index contributed by atoms with van der Waals surface area (Å²) in [4.78, 5) is 23.7. The standard InChI is InChI=1S/C18H15Cl2NO5/c19-13-3-2-12(14(20)7-13)6-18(23)24-9-17(22)21-8-11-1-4-15-16(5-11)26-10-25-15/h1-5,7H,6,8-10H2,(H,21,22). The quantitative estimate of drug-likeness (QED) is 0.760. The molecule has 6 nitrogen and oxygen atoms in total. The van der Waals surface area contributed by atoms with E-state index in [1.807, 2.05) is 6.07 Å². The number of nitrogens with one attached hydrogen (secondary N) is 1. The van der Waals surface area contributed by atoms with Crippen LogP contribution in [-0.4, -0.2) is 25.3 Å². The fourth-order valence-corrected chi connectivity index (χ4v) is 2.80. The molecule has 2 aromatic carbocycles. The Labute approximate surface area is 159 Å². The van der Waals surface area contributed by atoms with Crippen molar-refractivity contribution < 1.29 is 23.8 Å². The lowest BCUT2D eigenvalue weighted by Crippen LogP contribution is -2.28. The predicted octanol–water partition coefficient (Wildman–Crippen LogP) is 3.12. The van der Waals surface area contributed by atoms with E-state index in [4.69, 9.17) is 37.4 Å². The molecule has 1 amide bonds. The molecule has 0 saturated heterocycles. The third-order valence-corrected chi connectivity index (χ3v) is 4.23. The van der Waals surface area contributed by atoms with Crippen LogP contribution in [0.3, 0.4) is 0 Å². The van der Waals surface area contributed by atoms with Gasteiger partial charge in [-0.3, -0.25) is 9.59 Å². The second kappa shape index (κ2) is 8.29. The van der Waals surface area contributed by atoms with E-state index in [1.54, 1.807) is 30.3 Å². The molecule has 1 heterocycles. The Bertz CT molecular complexity index is 840. The van der Waals surface area contributed by atoms with Crippen LogP contribution in [-0.2, 0) is 27.3 Å². The van der Waals surface area contributed by atoms with Crippen molar-refractivity contribution in [2.45, 2.75) is 13.0 Å². The molecule has 0 radical (unpaired) electrons. The Hall–Kier alpha value is -2.44. The lowest BCUT2D eigenvalue weighted by molar-refractivity contribution is -0.147. The van der Waals surface area contributed by atoms with Gasteiger partial charge in [0.15, 0.2) is 18.1 Å². The molecule has 0 saturated carbocycles. The number of fused-ring (bicyclic) bond motifs is 1. The number of hydrogen-bond donors (Lipinski definition) is 1. The molecular formula is C18H15Cl2NO5. The number of benzene rings is 2. The lowest BCUT2D eigenvalue weighted by atomic mass is 10.1. The summed E-state index contributed by atoms with van der Waals surface area (Å²) in [7, 11) is 0. The molecule has 26 heavy (non-hydrogen) atoms. The molecule has 0 fully saturated rings. The minimum absolute atomic E-state index is 0.0363. The molecule has 0 atom stereocenters. The monoisotopic (exact) mass is 395 g/mol. The molecule has 2 aromatic rings. The number of carbonyl (C=O) groups is 2. The van der Waals surface area contributed by atoms with Crippen molar-refractivity contribution in [3.63, 3.8) is 0 Å². The van der Waals surface area contributed by atoms with Crippen LogP contribution in [0.4, 0.5) is 0 Å². The van der Waals surface area contributed by atoms with Crippen molar-refractivity contribution in [2.24, 2.45) is 0 Å². The first kappa shape index (κ1) is 18.4. The van der Waals surface area contributed by atoms with Crippen LogP contribution in [0.5, 0.6) is 11.5 Å². The van der Waals surface area contributed by atoms with Crippen molar-refractivity contribution in [2.75, 3.05) is 13.4 Å². The van der Waals surface area contributed by atoms with Crippen molar-refractivity contribution in [3.05, 3.63) is 57.6 Å². The van der Waals surface area contributed by atoms with Gasteiger partial charge >= 0.3 is 5.97 Å². The number of rotatable bonds is 6. The molecule has 3 rings (SSSR count). The highest BCUT2D eigenvalue weighted by Crippen LogP contribution is 2.32. The Morgan fingerprint density at radius 1 is 1.08 bits per heavy atom. The van der Waals surface area contributed by atoms with Gasteiger partial charge in [-0.2, -0.15) is 0 Å². The fourth-order valence-electron chi connectivity index (χ4n) is 2.32. The zero-order valence-corrected chi connectivity index (χ0v) is 15.1. The van der Waals surface area contributed by atoms with Crippen molar-refractivity contribution >= 4 is 35.1 Å². The maximum absolute atomic E-state index is 11.8. The molecular weight excluding hydrogens is 381 g/mol. The normalized spacial score (nSPS) is 11.9. The van der Waals surface area contributed by atoms with Gasteiger partial charge < -0.3 is 19.5 Å². The summed E-state index contributed by atoms with van der Waals surface area (Å²) in [5, 5.41) is 3.53. The van der Waals surface area contributed by atoms with Gasteiger partial charge in [-0.05, 0) is 35.4 Å². The zero-order chi connectivity index (χ0) is 18.5. The molecule has 0 unspecified atom stereocenters. The van der Waals surface area contributed by atoms with Crippen LogP contribution in [0.25, 0.3) is 0 Å². The second-order valence-electron chi connectivity index (χ2n) is 5.54. The molecule has 1 aliphatic rings. The van der Waals surface area contributed by atoms with Crippen LogP contribution in [0.2, 0.25) is 10.0 Å². The van der Waals surface area contributed by atoms with E-state index in [9.17, 15) is 9.59 Å². The SMILES string of the molecule is O=C(COC(=O)Cc1ccc(Cl)cc1Cl)NCc1ccc2c(c1)OCO2. The van der Waals surface area contributed by atoms with Gasteiger partial charge in [-0.1, -0.05) is 35.3 Å². The first-order valence-corrected chi connectivity index (χ1v) is 8.51. The largest absolute Gasteiger partial charge is 0.455 e. The van der Waals surface area contributed by atoms with Gasteiger partial charge in [0.25, 0.3) is 5.91 Å². The minimum atomic E-state index is -0.549. The third kappa shape index (κ3) is 4.80. The average molecular weight is 396 g/mol. The summed E-state index contributed by atoms with van der Waals surface area (Å²) in [5.41, 5.74) is 1.43. The number of ether oxygens (including phenoxy) is 3. The molecule has 1 N–H and O–H groups in total. The van der Waals surface area contributed by atoms with Gasteiger partial charge in [0, 0.05) is 16.6 Å². The molecule has 0 bridgehead atoms. The maximum Gasteiger partial charge on any atom is 0.310 e. The summed E-state index contributed by atoms with van der Waals surface area (Å²) < 4.78 is 15.5. The number of esters is 1. The first-order valence-electron chi connectivity index (χ1n) is 7.76. The second-order valence-corrected chi connectivity index (χ2v) is 6.38. The van der Waals surface area contributed by atoms with E-state index >= 15 is 0 Å². The molecule has 0 aromatic heterocycles. The highest BCUT2D eigenvalue weighted by atomic mass is 35.5. The van der Waals surface area contributed by atoms with Crippen molar-refractivity contribution in [1.29, 1.82) is 0 Å². The topological polar surface area (TPSA) is 73.9 Å². The average Bonchev–Trinajstić information content (AvgIpc) is 3.08. The number of halogens is 2. The van der Waals surface area contributed by atoms with E-state index in [2.05, 4.69) is 5.32 Å². The smallest absolute Gasteiger partial charge is 0.310 e. The third-order valence-electron chi connectivity index (χ3n) is 3.64. The number of carbonyl (C=O) groups excluding carboxylic acids is 2. The van der Waals surface area contributed by atoms with E-state index in [-0.39, 0.29) is 26.4 Å². The Kier molecular flexibility index (Phi) is 5.85. The summed E-state index contributed by atoms with van der Waals surface area (Å²) in [6.07, 6.45) is -0.0363. The number of amides is 1. The van der Waals surface area contributed by atoms with Crippen LogP contribution in [0, 0.1) is 0 Å². The van der Waals surface area contributed by atoms with E-state index < -0.39 is 11.9 Å². The van der Waals surface area contributed by atoms with Gasteiger partial charge in [0.1, 0.15) is 0 Å². The fraction of sp³-hybridized carbons (Fsp3) is 0.222. The Morgan fingerprint density at radius 3 is 2.69 bits per heavy atom. The van der Waals surface area contributed by atoms with Crippen LogP contribution >= 0.6 is 23.2 Å².